The number of nitrogens with two attached hydrogens (primary N) is 2. The van der Waals surface area contributed by atoms with Crippen molar-refractivity contribution in [2.24, 2.45) is 5.92 Å². The number of aromatic nitrogens is 11. The summed E-state index contributed by atoms with van der Waals surface area (Å²) in [5.41, 5.74) is 15.0. The lowest BCUT2D eigenvalue weighted by molar-refractivity contribution is -0.140. The molecular formula is C43H48F3N15O4S. The van der Waals surface area contributed by atoms with Crippen molar-refractivity contribution in [2.75, 3.05) is 37.6 Å². The molecule has 2 aliphatic heterocycles. The van der Waals surface area contributed by atoms with Crippen molar-refractivity contribution in [3.63, 3.8) is 0 Å². The van der Waals surface area contributed by atoms with Crippen molar-refractivity contribution in [1.82, 2.24) is 65.1 Å². The van der Waals surface area contributed by atoms with Gasteiger partial charge in [0.25, 0.3) is 17.7 Å². The van der Waals surface area contributed by atoms with Crippen LogP contribution >= 0.6 is 11.3 Å². The van der Waals surface area contributed by atoms with E-state index in [1.54, 1.807) is 29.6 Å². The Labute approximate surface area is 380 Å². The normalized spacial score (nSPS) is 16.3. The van der Waals surface area contributed by atoms with Crippen LogP contribution in [0.4, 0.5) is 29.6 Å². The van der Waals surface area contributed by atoms with E-state index >= 15 is 0 Å². The van der Waals surface area contributed by atoms with Crippen LogP contribution in [-0.4, -0.2) is 97.7 Å². The average molecular weight is 928 g/mol. The molecule has 0 atom stereocenters. The number of nitrogens with zero attached hydrogens (tertiary/aromatic N) is 12. The minimum Gasteiger partial charge on any atom is -0.444 e. The first-order chi connectivity index (χ1) is 31.6. The van der Waals surface area contributed by atoms with Crippen LogP contribution in [0.3, 0.4) is 0 Å². The second-order valence-electron chi connectivity index (χ2n) is 17.5. The van der Waals surface area contributed by atoms with Gasteiger partial charge in [-0.15, -0.1) is 31.7 Å². The van der Waals surface area contributed by atoms with E-state index in [-0.39, 0.29) is 34.7 Å². The topological polar surface area (TPSA) is 246 Å². The second kappa shape index (κ2) is 18.3. The van der Waals surface area contributed by atoms with Crippen molar-refractivity contribution in [1.29, 1.82) is 0 Å². The molecule has 1 aliphatic carbocycles. The lowest BCUT2D eigenvalue weighted by atomic mass is 10.1. The van der Waals surface area contributed by atoms with E-state index in [1.165, 1.54) is 12.8 Å². The molecule has 0 aromatic carbocycles. The summed E-state index contributed by atoms with van der Waals surface area (Å²) in [7, 11) is 0. The summed E-state index contributed by atoms with van der Waals surface area (Å²) in [6, 6.07) is 4.22. The molecule has 346 valence electrons. The number of nitrogen functional groups attached to an aromatic ring is 2. The largest absolute Gasteiger partial charge is 0.444 e. The Kier molecular flexibility index (Phi) is 12.3. The van der Waals surface area contributed by atoms with Crippen LogP contribution in [0.25, 0.3) is 56.1 Å². The maximum atomic E-state index is 12.8. The smallest absolute Gasteiger partial charge is 0.434 e. The minimum absolute atomic E-state index is 0.0259. The Balaban J connectivity index is 0.000000166. The van der Waals surface area contributed by atoms with Crippen molar-refractivity contribution < 1.29 is 31.5 Å². The standard InChI is InChI=1S/C24H31N7O3.C19H17F3N8OS/c1-24(2,3)34-23(32)30-8-6-18(7-9-30)31-14-17(13-27-31)16-11-19(21(25)26-12-16)22-29-28-20(33-22)10-15-4-5-15;20-19(21,22)14-9-32-18(27-14)17-29-28-16(31-17)13-5-10(6-25-15(13)23)11-7-26-30(8-11)12-1-3-24-4-2-12/h11-15,18H,4-10H2,1-3H3,(H2,25,26);5-9,12,24H,1-4H2,(H2,23,25). The molecule has 5 N–H and O–H groups in total. The van der Waals surface area contributed by atoms with E-state index < -0.39 is 17.5 Å². The number of pyridine rings is 2. The van der Waals surface area contributed by atoms with Gasteiger partial charge >= 0.3 is 12.3 Å². The molecule has 23 heteroatoms. The number of alkyl halides is 3. The van der Waals surface area contributed by atoms with Gasteiger partial charge in [-0.1, -0.05) is 0 Å². The number of thiazole rings is 1. The minimum atomic E-state index is -4.54. The number of anilines is 2. The zero-order valence-corrected chi connectivity index (χ0v) is 37.2. The zero-order chi connectivity index (χ0) is 46.2. The second-order valence-corrected chi connectivity index (χ2v) is 18.4. The number of hydrogen-bond acceptors (Lipinski definition) is 17. The maximum absolute atomic E-state index is 12.8. The van der Waals surface area contributed by atoms with E-state index in [9.17, 15) is 18.0 Å². The first-order valence-corrected chi connectivity index (χ1v) is 22.5. The number of carbonyl (C=O) groups is 1. The molecule has 0 bridgehead atoms. The number of carbonyl (C=O) groups excluding carboxylic acids is 1. The first-order valence-electron chi connectivity index (χ1n) is 21.6. The van der Waals surface area contributed by atoms with Gasteiger partial charge in [-0.2, -0.15) is 23.4 Å². The van der Waals surface area contributed by atoms with Crippen molar-refractivity contribution in [3.8, 4) is 56.1 Å². The van der Waals surface area contributed by atoms with Gasteiger partial charge in [-0.05, 0) is 90.4 Å². The molecule has 2 saturated heterocycles. The van der Waals surface area contributed by atoms with Crippen LogP contribution in [0.15, 0.2) is 63.5 Å². The molecule has 0 radical (unpaired) electrons. The van der Waals surface area contributed by atoms with Crippen LogP contribution in [0.2, 0.25) is 0 Å². The average Bonchev–Trinajstić information content (AvgIpc) is 3.96. The van der Waals surface area contributed by atoms with Gasteiger partial charge in [-0.25, -0.2) is 19.7 Å². The third-order valence-electron chi connectivity index (χ3n) is 11.4. The fourth-order valence-corrected chi connectivity index (χ4v) is 8.37. The summed E-state index contributed by atoms with van der Waals surface area (Å²) in [6.07, 6.45) is 13.0. The predicted octanol–water partition coefficient (Wildman–Crippen LogP) is 7.75. The molecule has 0 spiro atoms. The Morgan fingerprint density at radius 3 is 1.89 bits per heavy atom. The van der Waals surface area contributed by atoms with Gasteiger partial charge in [-0.3, -0.25) is 9.36 Å². The highest BCUT2D eigenvalue weighted by molar-refractivity contribution is 7.13. The van der Waals surface area contributed by atoms with Gasteiger partial charge in [0, 0.05) is 71.9 Å². The first kappa shape index (κ1) is 44.5. The predicted molar refractivity (Wildman–Crippen MR) is 236 cm³/mol. The summed E-state index contributed by atoms with van der Waals surface area (Å²) in [5.74, 6) is 2.14. The molecule has 1 amide bonds. The fraction of sp³-hybridized carbons (Fsp3) is 0.442. The number of halogens is 3. The molecule has 9 heterocycles. The molecule has 3 aliphatic rings. The maximum Gasteiger partial charge on any atom is 0.434 e. The molecule has 19 nitrogen and oxygen atoms in total. The van der Waals surface area contributed by atoms with Gasteiger partial charge in [0.2, 0.25) is 5.89 Å². The Hall–Kier alpha value is -6.75. The summed E-state index contributed by atoms with van der Waals surface area (Å²) in [4.78, 5) is 26.2. The lowest BCUT2D eigenvalue weighted by Gasteiger charge is -2.33. The van der Waals surface area contributed by atoms with Gasteiger partial charge in [0.1, 0.15) is 17.2 Å². The number of piperidine rings is 2. The van der Waals surface area contributed by atoms with Crippen LogP contribution in [0.1, 0.15) is 83.0 Å². The van der Waals surface area contributed by atoms with Crippen LogP contribution in [0, 0.1) is 5.92 Å². The molecule has 10 rings (SSSR count). The number of rotatable bonds is 9. The van der Waals surface area contributed by atoms with Gasteiger partial charge in [0.15, 0.2) is 10.7 Å². The molecule has 7 aromatic rings. The summed E-state index contributed by atoms with van der Waals surface area (Å²) < 4.78 is 59.3. The molecule has 66 heavy (non-hydrogen) atoms. The molecular weight excluding hydrogens is 880 g/mol. The molecule has 3 fully saturated rings. The quantitative estimate of drug-likeness (QED) is 0.125. The molecule has 0 unspecified atom stereocenters. The Morgan fingerprint density at radius 2 is 1.33 bits per heavy atom. The zero-order valence-electron chi connectivity index (χ0n) is 36.4. The third-order valence-corrected chi connectivity index (χ3v) is 12.2. The number of nitrogens with one attached hydrogen (secondary N) is 1. The number of hydrogen-bond donors (Lipinski definition) is 3. The number of ether oxygens (including phenoxy) is 1. The Morgan fingerprint density at radius 1 is 0.773 bits per heavy atom. The van der Waals surface area contributed by atoms with Crippen LogP contribution in [0.5, 0.6) is 0 Å². The van der Waals surface area contributed by atoms with E-state index in [0.29, 0.717) is 53.8 Å². The highest BCUT2D eigenvalue weighted by Crippen LogP contribution is 2.37. The van der Waals surface area contributed by atoms with E-state index in [0.717, 1.165) is 84.2 Å². The summed E-state index contributed by atoms with van der Waals surface area (Å²) in [5, 5.41) is 29.4. The summed E-state index contributed by atoms with van der Waals surface area (Å²) >= 11 is 0.769. The van der Waals surface area contributed by atoms with Crippen LogP contribution < -0.4 is 16.8 Å². The summed E-state index contributed by atoms with van der Waals surface area (Å²) in [6.45, 7) is 8.84. The van der Waals surface area contributed by atoms with Crippen LogP contribution in [-0.2, 0) is 17.3 Å². The lowest BCUT2D eigenvalue weighted by Crippen LogP contribution is -2.42. The van der Waals surface area contributed by atoms with Gasteiger partial charge < -0.3 is 35.3 Å². The van der Waals surface area contributed by atoms with E-state index in [4.69, 9.17) is 25.0 Å². The van der Waals surface area contributed by atoms with Crippen molar-refractivity contribution >= 4 is 29.1 Å². The highest BCUT2D eigenvalue weighted by Gasteiger charge is 2.35. The Bertz CT molecular complexity index is 2790. The third kappa shape index (κ3) is 10.4. The molecule has 7 aromatic heterocycles. The highest BCUT2D eigenvalue weighted by atomic mass is 32.1. The van der Waals surface area contributed by atoms with Gasteiger partial charge in [0.05, 0.1) is 35.6 Å². The molecule has 1 saturated carbocycles. The SMILES string of the molecule is CC(C)(C)OC(=O)N1CCC(n2cc(-c3cnc(N)c(-c4nnc(CC5CC5)o4)c3)cn2)CC1.Nc1ncc(-c2cnn(C3CCNCC3)c2)cc1-c1nnc(-c2nc(C(F)(F)F)cs2)o1. The van der Waals surface area contributed by atoms with Crippen molar-refractivity contribution in [2.45, 2.75) is 89.6 Å². The van der Waals surface area contributed by atoms with E-state index in [2.05, 4.69) is 50.9 Å². The monoisotopic (exact) mass is 927 g/mol. The fourth-order valence-electron chi connectivity index (χ4n) is 7.63. The van der Waals surface area contributed by atoms with E-state index in [1.807, 2.05) is 54.8 Å². The number of likely N-dealkylation sites (tertiary alicyclic amines) is 1. The number of amides is 1. The van der Waals surface area contributed by atoms with Crippen molar-refractivity contribution in [3.05, 3.63) is 66.3 Å².